The average molecular weight is 291 g/mol. The first kappa shape index (κ1) is 13.9. The summed E-state index contributed by atoms with van der Waals surface area (Å²) < 4.78 is 0. The monoisotopic (exact) mass is 291 g/mol. The Balaban J connectivity index is 2.23. The van der Waals surface area contributed by atoms with Crippen LogP contribution in [-0.4, -0.2) is 21.9 Å². The Morgan fingerprint density at radius 2 is 2.10 bits per heavy atom. The summed E-state index contributed by atoms with van der Waals surface area (Å²) in [6.45, 7) is 3.69. The summed E-state index contributed by atoms with van der Waals surface area (Å²) in [4.78, 5) is 32.5. The summed E-state index contributed by atoms with van der Waals surface area (Å²) in [7, 11) is 0. The predicted octanol–water partition coefficient (Wildman–Crippen LogP) is 1.39. The van der Waals surface area contributed by atoms with Gasteiger partial charge in [-0.1, -0.05) is 17.4 Å². The quantitative estimate of drug-likeness (QED) is 0.816. The highest BCUT2D eigenvalue weighted by Crippen LogP contribution is 2.23. The number of hydrogen-bond acceptors (Lipinski definition) is 5. The SMILES string of the molecule is Cc1nc(N(NC(=O)c2ccccn2)C(N)=O)sc1C. The zero-order valence-corrected chi connectivity index (χ0v) is 11.8. The van der Waals surface area contributed by atoms with E-state index in [2.05, 4.69) is 15.4 Å². The van der Waals surface area contributed by atoms with E-state index in [0.717, 1.165) is 15.6 Å². The van der Waals surface area contributed by atoms with Gasteiger partial charge in [-0.25, -0.2) is 9.78 Å². The second kappa shape index (κ2) is 5.66. The minimum Gasteiger partial charge on any atom is -0.350 e. The Kier molecular flexibility index (Phi) is 3.94. The van der Waals surface area contributed by atoms with E-state index in [-0.39, 0.29) is 5.69 Å². The van der Waals surface area contributed by atoms with E-state index in [0.29, 0.717) is 5.13 Å². The molecule has 20 heavy (non-hydrogen) atoms. The fourth-order valence-electron chi connectivity index (χ4n) is 1.40. The normalized spacial score (nSPS) is 10.1. The number of amides is 3. The molecule has 3 amide bonds. The second-order valence-electron chi connectivity index (χ2n) is 3.97. The Bertz CT molecular complexity index is 621. The fraction of sp³-hybridized carbons (Fsp3) is 0.167. The van der Waals surface area contributed by atoms with Gasteiger partial charge >= 0.3 is 6.03 Å². The van der Waals surface area contributed by atoms with Crippen LogP contribution in [0.1, 0.15) is 21.1 Å². The van der Waals surface area contributed by atoms with Crippen molar-refractivity contribution in [3.63, 3.8) is 0 Å². The van der Waals surface area contributed by atoms with Gasteiger partial charge in [0, 0.05) is 11.1 Å². The van der Waals surface area contributed by atoms with E-state index in [1.54, 1.807) is 12.1 Å². The van der Waals surface area contributed by atoms with Crippen LogP contribution in [-0.2, 0) is 0 Å². The van der Waals surface area contributed by atoms with E-state index in [1.165, 1.54) is 23.6 Å². The number of aryl methyl sites for hydroxylation is 2. The number of primary amides is 1. The molecule has 0 bridgehead atoms. The number of anilines is 1. The summed E-state index contributed by atoms with van der Waals surface area (Å²) in [6, 6.07) is 4.08. The molecule has 104 valence electrons. The van der Waals surface area contributed by atoms with Crippen LogP contribution in [0, 0.1) is 13.8 Å². The van der Waals surface area contributed by atoms with Crippen LogP contribution >= 0.6 is 11.3 Å². The van der Waals surface area contributed by atoms with E-state index in [4.69, 9.17) is 5.73 Å². The lowest BCUT2D eigenvalue weighted by molar-refractivity contribution is 0.0946. The number of carbonyl (C=O) groups excluding carboxylic acids is 2. The van der Waals surface area contributed by atoms with Crippen molar-refractivity contribution < 1.29 is 9.59 Å². The average Bonchev–Trinajstić information content (AvgIpc) is 2.76. The molecule has 2 rings (SSSR count). The Labute approximate surface area is 119 Å². The first-order chi connectivity index (χ1) is 9.49. The van der Waals surface area contributed by atoms with Crippen molar-refractivity contribution in [3.8, 4) is 0 Å². The number of hydrazine groups is 1. The molecular formula is C12H13N5O2S. The molecule has 0 saturated heterocycles. The molecule has 2 aromatic rings. The molecule has 0 aromatic carbocycles. The first-order valence-electron chi connectivity index (χ1n) is 5.74. The number of nitrogens with one attached hydrogen (secondary N) is 1. The molecule has 2 aromatic heterocycles. The van der Waals surface area contributed by atoms with Crippen LogP contribution in [0.3, 0.4) is 0 Å². The molecule has 0 spiro atoms. The maximum Gasteiger partial charge on any atom is 0.340 e. The molecule has 3 N–H and O–H groups in total. The third-order valence-corrected chi connectivity index (χ3v) is 3.60. The van der Waals surface area contributed by atoms with Crippen LogP contribution in [0.15, 0.2) is 24.4 Å². The van der Waals surface area contributed by atoms with Crippen molar-refractivity contribution >= 4 is 28.4 Å². The number of thiazole rings is 1. The molecule has 0 aliphatic heterocycles. The van der Waals surface area contributed by atoms with Crippen molar-refractivity contribution in [2.75, 3.05) is 5.01 Å². The number of carbonyl (C=O) groups is 2. The summed E-state index contributed by atoms with van der Waals surface area (Å²) in [6.07, 6.45) is 1.49. The third kappa shape index (κ3) is 2.91. The zero-order chi connectivity index (χ0) is 14.7. The van der Waals surface area contributed by atoms with E-state index < -0.39 is 11.9 Å². The molecule has 0 atom stereocenters. The molecule has 7 nitrogen and oxygen atoms in total. The number of nitrogens with zero attached hydrogens (tertiary/aromatic N) is 3. The molecule has 2 heterocycles. The number of rotatable bonds is 2. The number of pyridine rings is 1. The molecular weight excluding hydrogens is 278 g/mol. The molecule has 0 unspecified atom stereocenters. The van der Waals surface area contributed by atoms with E-state index >= 15 is 0 Å². The minimum atomic E-state index is -0.817. The van der Waals surface area contributed by atoms with Crippen molar-refractivity contribution in [2.24, 2.45) is 5.73 Å². The summed E-state index contributed by atoms with van der Waals surface area (Å²) >= 11 is 1.27. The van der Waals surface area contributed by atoms with Crippen molar-refractivity contribution in [2.45, 2.75) is 13.8 Å². The van der Waals surface area contributed by atoms with E-state index in [9.17, 15) is 9.59 Å². The molecule has 0 saturated carbocycles. The Hall–Kier alpha value is -2.48. The highest BCUT2D eigenvalue weighted by molar-refractivity contribution is 7.15. The number of urea groups is 1. The van der Waals surface area contributed by atoms with Gasteiger partial charge in [0.15, 0.2) is 0 Å². The van der Waals surface area contributed by atoms with Gasteiger partial charge in [-0.15, -0.1) is 0 Å². The highest BCUT2D eigenvalue weighted by atomic mass is 32.1. The smallest absolute Gasteiger partial charge is 0.340 e. The molecule has 8 heteroatoms. The number of nitrogens with two attached hydrogens (primary N) is 1. The molecule has 0 radical (unpaired) electrons. The summed E-state index contributed by atoms with van der Waals surface area (Å²) in [5.41, 5.74) is 8.63. The number of aromatic nitrogens is 2. The van der Waals surface area contributed by atoms with Crippen LogP contribution in [0.5, 0.6) is 0 Å². The van der Waals surface area contributed by atoms with Gasteiger partial charge in [-0.05, 0) is 26.0 Å². The summed E-state index contributed by atoms with van der Waals surface area (Å²) in [5.74, 6) is -0.532. The standard InChI is InChI=1S/C12H13N5O2S/c1-7-8(2)20-12(15-7)17(11(13)19)16-10(18)9-5-3-4-6-14-9/h3-6H,1-2H3,(H2,13,19)(H,16,18). The maximum absolute atomic E-state index is 12.0. The third-order valence-electron chi connectivity index (χ3n) is 2.54. The first-order valence-corrected chi connectivity index (χ1v) is 6.56. The van der Waals surface area contributed by atoms with E-state index in [1.807, 2.05) is 13.8 Å². The van der Waals surface area contributed by atoms with Gasteiger partial charge < -0.3 is 5.73 Å². The maximum atomic E-state index is 12.0. The lowest BCUT2D eigenvalue weighted by atomic mass is 10.3. The van der Waals surface area contributed by atoms with Crippen LogP contribution in [0.25, 0.3) is 0 Å². The number of hydrogen-bond donors (Lipinski definition) is 2. The zero-order valence-electron chi connectivity index (χ0n) is 11.0. The predicted molar refractivity (Wildman–Crippen MR) is 75.4 cm³/mol. The van der Waals surface area contributed by atoms with Crippen molar-refractivity contribution in [1.82, 2.24) is 15.4 Å². The Morgan fingerprint density at radius 1 is 1.35 bits per heavy atom. The lowest BCUT2D eigenvalue weighted by Crippen LogP contribution is -2.49. The van der Waals surface area contributed by atoms with Gasteiger partial charge in [0.25, 0.3) is 5.91 Å². The van der Waals surface area contributed by atoms with Crippen LogP contribution in [0.4, 0.5) is 9.93 Å². The topological polar surface area (TPSA) is 101 Å². The lowest BCUT2D eigenvalue weighted by Gasteiger charge is -2.17. The van der Waals surface area contributed by atoms with Crippen molar-refractivity contribution in [1.29, 1.82) is 0 Å². The largest absolute Gasteiger partial charge is 0.350 e. The second-order valence-corrected chi connectivity index (χ2v) is 5.15. The summed E-state index contributed by atoms with van der Waals surface area (Å²) in [5, 5.41) is 1.23. The Morgan fingerprint density at radius 3 is 2.60 bits per heavy atom. The highest BCUT2D eigenvalue weighted by Gasteiger charge is 2.21. The fourth-order valence-corrected chi connectivity index (χ4v) is 2.28. The van der Waals surface area contributed by atoms with Gasteiger partial charge in [0.2, 0.25) is 5.13 Å². The van der Waals surface area contributed by atoms with Gasteiger partial charge in [-0.2, -0.15) is 5.01 Å². The van der Waals surface area contributed by atoms with Crippen molar-refractivity contribution in [3.05, 3.63) is 40.7 Å². The van der Waals surface area contributed by atoms with Gasteiger partial charge in [0.05, 0.1) is 5.69 Å². The molecule has 0 fully saturated rings. The molecule has 0 aliphatic carbocycles. The minimum absolute atomic E-state index is 0.184. The van der Waals surface area contributed by atoms with Crippen LogP contribution in [0.2, 0.25) is 0 Å². The molecule has 0 aliphatic rings. The van der Waals surface area contributed by atoms with Gasteiger partial charge in [0.1, 0.15) is 5.69 Å². The van der Waals surface area contributed by atoms with Crippen LogP contribution < -0.4 is 16.2 Å². The van der Waals surface area contributed by atoms with Gasteiger partial charge in [-0.3, -0.25) is 15.2 Å².